The van der Waals surface area contributed by atoms with Gasteiger partial charge in [0.1, 0.15) is 10.5 Å². The average molecular weight is 485 g/mol. The molecular formula is C23H21ClN4O2S2. The number of benzene rings is 2. The quantitative estimate of drug-likeness (QED) is 0.357. The third kappa shape index (κ3) is 4.99. The minimum Gasteiger partial charge on any atom is -0.431 e. The summed E-state index contributed by atoms with van der Waals surface area (Å²) in [6, 6.07) is 15.4. The van der Waals surface area contributed by atoms with Gasteiger partial charge < -0.3 is 9.32 Å². The van der Waals surface area contributed by atoms with Gasteiger partial charge in [-0.2, -0.15) is 0 Å². The van der Waals surface area contributed by atoms with E-state index in [1.54, 1.807) is 11.3 Å². The Morgan fingerprint density at radius 2 is 1.84 bits per heavy atom. The first-order valence-corrected chi connectivity index (χ1v) is 12.6. The summed E-state index contributed by atoms with van der Waals surface area (Å²) in [4.78, 5) is 26.1. The summed E-state index contributed by atoms with van der Waals surface area (Å²) in [7, 11) is 0. The predicted molar refractivity (Wildman–Crippen MR) is 129 cm³/mol. The van der Waals surface area contributed by atoms with Gasteiger partial charge in [-0.25, -0.2) is 9.97 Å². The van der Waals surface area contributed by atoms with Crippen molar-refractivity contribution in [2.24, 2.45) is 0 Å². The Balaban J connectivity index is 1.10. The summed E-state index contributed by atoms with van der Waals surface area (Å²) < 4.78 is 5.69. The number of halogens is 1. The van der Waals surface area contributed by atoms with Crippen molar-refractivity contribution >= 4 is 51.7 Å². The molecule has 1 fully saturated rings. The fourth-order valence-corrected chi connectivity index (χ4v) is 5.32. The number of thiazole rings is 1. The van der Waals surface area contributed by atoms with Crippen molar-refractivity contribution in [2.45, 2.75) is 11.8 Å². The summed E-state index contributed by atoms with van der Waals surface area (Å²) in [5.41, 5.74) is 3.62. The molecule has 0 atom stereocenters. The number of hydrogen-bond donors (Lipinski definition) is 0. The van der Waals surface area contributed by atoms with Crippen molar-refractivity contribution in [3.8, 4) is 11.3 Å². The van der Waals surface area contributed by atoms with Gasteiger partial charge in [-0.05, 0) is 24.3 Å². The largest absolute Gasteiger partial charge is 0.431 e. The lowest BCUT2D eigenvalue weighted by molar-refractivity contribution is -0.130. The average Bonchev–Trinajstić information content (AvgIpc) is 3.45. The Labute approximate surface area is 199 Å². The molecule has 1 saturated heterocycles. The van der Waals surface area contributed by atoms with E-state index in [0.29, 0.717) is 11.0 Å². The van der Waals surface area contributed by atoms with Crippen LogP contribution in [0.4, 0.5) is 0 Å². The highest BCUT2D eigenvalue weighted by atomic mass is 35.5. The fraction of sp³-hybridized carbons (Fsp3) is 0.261. The zero-order chi connectivity index (χ0) is 21.9. The Hall–Kier alpha value is -2.39. The minimum atomic E-state index is 0.121. The fourth-order valence-electron chi connectivity index (χ4n) is 3.61. The van der Waals surface area contributed by atoms with E-state index < -0.39 is 0 Å². The van der Waals surface area contributed by atoms with Crippen LogP contribution in [0.5, 0.6) is 0 Å². The molecule has 0 bridgehead atoms. The van der Waals surface area contributed by atoms with Gasteiger partial charge in [0.2, 0.25) is 5.91 Å². The van der Waals surface area contributed by atoms with E-state index in [1.165, 1.54) is 11.8 Å². The van der Waals surface area contributed by atoms with Crippen molar-refractivity contribution < 1.29 is 9.21 Å². The molecule has 3 heterocycles. The Morgan fingerprint density at radius 3 is 2.62 bits per heavy atom. The zero-order valence-electron chi connectivity index (χ0n) is 17.2. The van der Waals surface area contributed by atoms with Crippen LogP contribution in [0.3, 0.4) is 0 Å². The first kappa shape index (κ1) is 21.5. The molecule has 1 aliphatic heterocycles. The molecule has 0 radical (unpaired) electrons. The molecule has 1 aliphatic rings. The van der Waals surface area contributed by atoms with Crippen LogP contribution in [-0.4, -0.2) is 57.6 Å². The highest BCUT2D eigenvalue weighted by Crippen LogP contribution is 2.25. The lowest BCUT2D eigenvalue weighted by Crippen LogP contribution is -2.48. The van der Waals surface area contributed by atoms with E-state index in [1.807, 2.05) is 53.4 Å². The molecule has 0 spiro atoms. The number of carbonyl (C=O) groups excluding carboxylic acids is 1. The number of nitrogens with zero attached hydrogens (tertiary/aromatic N) is 4. The van der Waals surface area contributed by atoms with Crippen molar-refractivity contribution in [3.63, 3.8) is 0 Å². The van der Waals surface area contributed by atoms with Gasteiger partial charge in [-0.15, -0.1) is 11.3 Å². The number of aromatic nitrogens is 2. The van der Waals surface area contributed by atoms with Crippen LogP contribution >= 0.6 is 34.7 Å². The van der Waals surface area contributed by atoms with Crippen molar-refractivity contribution in [1.82, 2.24) is 19.8 Å². The maximum atomic E-state index is 12.6. The van der Waals surface area contributed by atoms with E-state index in [0.717, 1.165) is 65.1 Å². The van der Waals surface area contributed by atoms with Gasteiger partial charge in [0, 0.05) is 42.1 Å². The smallest absolute Gasteiger partial charge is 0.257 e. The van der Waals surface area contributed by atoms with E-state index >= 15 is 0 Å². The number of hydrogen-bond acceptors (Lipinski definition) is 7. The van der Waals surface area contributed by atoms with Gasteiger partial charge >= 0.3 is 0 Å². The first-order valence-electron chi connectivity index (χ1n) is 10.3. The molecule has 6 nitrogen and oxygen atoms in total. The van der Waals surface area contributed by atoms with Crippen LogP contribution in [0.15, 0.2) is 63.6 Å². The number of carbonyl (C=O) groups is 1. The SMILES string of the molecule is O=C(CSc1nc2ccccc2o1)N1CCN(Cc2nc(-c3ccc(Cl)cc3)cs2)CC1. The zero-order valence-corrected chi connectivity index (χ0v) is 19.6. The highest BCUT2D eigenvalue weighted by Gasteiger charge is 2.22. The topological polar surface area (TPSA) is 62.5 Å². The Bertz CT molecular complexity index is 1180. The molecule has 0 unspecified atom stereocenters. The van der Waals surface area contributed by atoms with Crippen molar-refractivity contribution in [2.75, 3.05) is 31.9 Å². The number of para-hydroxylation sites is 2. The van der Waals surface area contributed by atoms with E-state index in [-0.39, 0.29) is 5.91 Å². The van der Waals surface area contributed by atoms with Gasteiger partial charge in [0.05, 0.1) is 18.0 Å². The third-order valence-corrected chi connectivity index (χ3v) is 7.27. The van der Waals surface area contributed by atoms with Crippen LogP contribution in [0.25, 0.3) is 22.4 Å². The number of rotatable bonds is 6. The second kappa shape index (κ2) is 9.62. The lowest BCUT2D eigenvalue weighted by Gasteiger charge is -2.34. The van der Waals surface area contributed by atoms with Gasteiger partial charge in [-0.1, -0.05) is 47.6 Å². The van der Waals surface area contributed by atoms with Crippen molar-refractivity contribution in [3.05, 3.63) is 63.9 Å². The summed E-state index contributed by atoms with van der Waals surface area (Å²) in [5.74, 6) is 0.459. The minimum absolute atomic E-state index is 0.121. The number of thioether (sulfide) groups is 1. The Morgan fingerprint density at radius 1 is 1.06 bits per heavy atom. The summed E-state index contributed by atoms with van der Waals surface area (Å²) in [5, 5.41) is 4.44. The molecular weight excluding hydrogens is 464 g/mol. The van der Waals surface area contributed by atoms with E-state index in [2.05, 4.69) is 15.3 Å². The standard InChI is InChI=1S/C23H21ClN4O2S2/c24-17-7-5-16(6-8-17)19-14-31-21(25-19)13-27-9-11-28(12-10-27)22(29)15-32-23-26-18-3-1-2-4-20(18)30-23/h1-8,14H,9-13,15H2. The molecule has 1 amide bonds. The van der Waals surface area contributed by atoms with Crippen LogP contribution in [0.1, 0.15) is 5.01 Å². The molecule has 0 aliphatic carbocycles. The number of amides is 1. The second-order valence-electron chi connectivity index (χ2n) is 7.53. The van der Waals surface area contributed by atoms with Gasteiger partial charge in [-0.3, -0.25) is 9.69 Å². The number of piperazine rings is 1. The predicted octanol–water partition coefficient (Wildman–Crippen LogP) is 5.04. The van der Waals surface area contributed by atoms with E-state index in [4.69, 9.17) is 21.0 Å². The molecule has 32 heavy (non-hydrogen) atoms. The molecule has 164 valence electrons. The van der Waals surface area contributed by atoms with Crippen LogP contribution in [-0.2, 0) is 11.3 Å². The molecule has 5 rings (SSSR count). The summed E-state index contributed by atoms with van der Waals surface area (Å²) in [6.45, 7) is 3.94. The van der Waals surface area contributed by atoms with Crippen LogP contribution < -0.4 is 0 Å². The molecule has 2 aromatic heterocycles. The van der Waals surface area contributed by atoms with Gasteiger partial charge in [0.15, 0.2) is 5.58 Å². The maximum Gasteiger partial charge on any atom is 0.257 e. The third-order valence-electron chi connectivity index (χ3n) is 5.37. The summed E-state index contributed by atoms with van der Waals surface area (Å²) in [6.07, 6.45) is 0. The number of oxazole rings is 1. The molecule has 9 heteroatoms. The number of fused-ring (bicyclic) bond motifs is 1. The lowest BCUT2D eigenvalue weighted by atomic mass is 10.2. The van der Waals surface area contributed by atoms with E-state index in [9.17, 15) is 4.79 Å². The Kier molecular flexibility index (Phi) is 6.45. The molecule has 0 saturated carbocycles. The monoisotopic (exact) mass is 484 g/mol. The molecule has 2 aromatic carbocycles. The highest BCUT2D eigenvalue weighted by molar-refractivity contribution is 7.99. The maximum absolute atomic E-state index is 12.6. The van der Waals surface area contributed by atoms with Gasteiger partial charge in [0.25, 0.3) is 5.22 Å². The second-order valence-corrected chi connectivity index (χ2v) is 9.83. The first-order chi connectivity index (χ1) is 15.6. The van der Waals surface area contributed by atoms with Crippen LogP contribution in [0, 0.1) is 0 Å². The van der Waals surface area contributed by atoms with Crippen molar-refractivity contribution in [1.29, 1.82) is 0 Å². The molecule has 0 N–H and O–H groups in total. The normalized spacial score (nSPS) is 14.8. The molecule has 4 aromatic rings. The van der Waals surface area contributed by atoms with Crippen LogP contribution in [0.2, 0.25) is 5.02 Å². The summed E-state index contributed by atoms with van der Waals surface area (Å²) >= 11 is 9.00.